The highest BCUT2D eigenvalue weighted by Gasteiger charge is 2.24. The Morgan fingerprint density at radius 2 is 2.05 bits per heavy atom. The van der Waals surface area contributed by atoms with Crippen molar-refractivity contribution in [3.8, 4) is 0 Å². The second kappa shape index (κ2) is 5.99. The summed E-state index contributed by atoms with van der Waals surface area (Å²) in [5.74, 6) is -0.126. The molecule has 0 spiro atoms. The van der Waals surface area contributed by atoms with Crippen molar-refractivity contribution in [3.05, 3.63) is 33.9 Å². The number of rotatable bonds is 5. The van der Waals surface area contributed by atoms with Gasteiger partial charge in [0.15, 0.2) is 0 Å². The molecule has 0 radical (unpaired) electrons. The molecule has 6 nitrogen and oxygen atoms in total. The monoisotopic (exact) mass is 309 g/mol. The number of aryl methyl sites for hydroxylation is 2. The molecule has 0 bridgehead atoms. The lowest BCUT2D eigenvalue weighted by molar-refractivity contribution is 0.102. The first-order chi connectivity index (χ1) is 9.82. The van der Waals surface area contributed by atoms with Gasteiger partial charge in [0.2, 0.25) is 5.78 Å². The van der Waals surface area contributed by atoms with E-state index in [9.17, 15) is 4.79 Å². The predicted octanol–water partition coefficient (Wildman–Crippen LogP) is 1.68. The Morgan fingerprint density at radius 1 is 1.38 bits per heavy atom. The molecule has 2 aromatic heterocycles. The van der Waals surface area contributed by atoms with Gasteiger partial charge in [0, 0.05) is 19.3 Å². The molecule has 0 atom stereocenters. The molecule has 0 aromatic carbocycles. The number of likely N-dealkylation sites (N-methyl/N-ethyl adjacent to an activating group) is 1. The third-order valence-corrected chi connectivity index (χ3v) is 3.78. The van der Waals surface area contributed by atoms with Crippen LogP contribution in [0, 0.1) is 13.8 Å². The van der Waals surface area contributed by atoms with Crippen LogP contribution in [-0.2, 0) is 13.6 Å². The summed E-state index contributed by atoms with van der Waals surface area (Å²) >= 11 is 6.17. The first-order valence-electron chi connectivity index (χ1n) is 6.73. The number of ketones is 1. The average molecular weight is 310 g/mol. The summed E-state index contributed by atoms with van der Waals surface area (Å²) in [5.41, 5.74) is 2.56. The zero-order valence-corrected chi connectivity index (χ0v) is 13.8. The summed E-state index contributed by atoms with van der Waals surface area (Å²) in [5, 5.41) is 8.88. The number of nitrogens with zero attached hydrogens (tertiary/aromatic N) is 5. The molecule has 2 heterocycles. The van der Waals surface area contributed by atoms with Crippen LogP contribution in [0.4, 0.5) is 0 Å². The van der Waals surface area contributed by atoms with E-state index in [0.29, 0.717) is 28.5 Å². The minimum Gasteiger partial charge on any atom is -0.308 e. The molecule has 2 rings (SSSR count). The summed E-state index contributed by atoms with van der Waals surface area (Å²) < 4.78 is 3.37. The lowest BCUT2D eigenvalue weighted by Crippen LogP contribution is -2.22. The van der Waals surface area contributed by atoms with Crippen molar-refractivity contribution < 1.29 is 4.79 Å². The summed E-state index contributed by atoms with van der Waals surface area (Å²) in [6, 6.07) is 0. The second-order valence-corrected chi connectivity index (χ2v) is 5.77. The highest BCUT2D eigenvalue weighted by molar-refractivity contribution is 6.34. The Morgan fingerprint density at radius 3 is 2.57 bits per heavy atom. The standard InChI is InChI=1S/C14H20ClN5O/c1-9-12(10(2)19(5)17-9)14(21)13-11(15)8-16-20(13)7-6-18(3)4/h8H,6-7H2,1-5H3. The van der Waals surface area contributed by atoms with Gasteiger partial charge in [-0.05, 0) is 27.9 Å². The van der Waals surface area contributed by atoms with Gasteiger partial charge >= 0.3 is 0 Å². The molecule has 0 saturated heterocycles. The van der Waals surface area contributed by atoms with Crippen LogP contribution in [0.1, 0.15) is 27.4 Å². The zero-order chi connectivity index (χ0) is 15.7. The molecule has 0 saturated carbocycles. The molecule has 0 amide bonds. The predicted molar refractivity (Wildman–Crippen MR) is 81.9 cm³/mol. The first kappa shape index (κ1) is 15.7. The number of aromatic nitrogens is 4. The second-order valence-electron chi connectivity index (χ2n) is 5.37. The van der Waals surface area contributed by atoms with Gasteiger partial charge in [-0.1, -0.05) is 11.6 Å². The number of carbonyl (C=O) groups excluding carboxylic acids is 1. The van der Waals surface area contributed by atoms with Crippen molar-refractivity contribution in [1.82, 2.24) is 24.5 Å². The quantitative estimate of drug-likeness (QED) is 0.789. The maximum absolute atomic E-state index is 12.8. The number of hydrogen-bond acceptors (Lipinski definition) is 4. The van der Waals surface area contributed by atoms with E-state index in [0.717, 1.165) is 12.2 Å². The largest absolute Gasteiger partial charge is 0.308 e. The maximum Gasteiger partial charge on any atom is 0.216 e. The van der Waals surface area contributed by atoms with Crippen molar-refractivity contribution in [2.75, 3.05) is 20.6 Å². The van der Waals surface area contributed by atoms with Crippen molar-refractivity contribution in [1.29, 1.82) is 0 Å². The van der Waals surface area contributed by atoms with Crippen molar-refractivity contribution >= 4 is 17.4 Å². The van der Waals surface area contributed by atoms with E-state index in [4.69, 9.17) is 11.6 Å². The smallest absolute Gasteiger partial charge is 0.216 e. The Hall–Kier alpha value is -1.66. The highest BCUT2D eigenvalue weighted by Crippen LogP contribution is 2.22. The minimum absolute atomic E-state index is 0.126. The summed E-state index contributed by atoms with van der Waals surface area (Å²) in [6.07, 6.45) is 1.52. The molecule has 114 valence electrons. The van der Waals surface area contributed by atoms with Gasteiger partial charge < -0.3 is 4.90 Å². The van der Waals surface area contributed by atoms with Gasteiger partial charge in [-0.3, -0.25) is 14.2 Å². The van der Waals surface area contributed by atoms with Crippen molar-refractivity contribution in [3.63, 3.8) is 0 Å². The molecule has 0 aliphatic heterocycles. The summed E-state index contributed by atoms with van der Waals surface area (Å²) in [6.45, 7) is 5.10. The third-order valence-electron chi connectivity index (χ3n) is 3.50. The van der Waals surface area contributed by atoms with E-state index in [-0.39, 0.29) is 5.78 Å². The van der Waals surface area contributed by atoms with Crippen LogP contribution < -0.4 is 0 Å². The summed E-state index contributed by atoms with van der Waals surface area (Å²) in [7, 11) is 5.77. The Kier molecular flexibility index (Phi) is 4.49. The van der Waals surface area contributed by atoms with E-state index in [2.05, 4.69) is 10.2 Å². The van der Waals surface area contributed by atoms with Crippen LogP contribution in [0.3, 0.4) is 0 Å². The van der Waals surface area contributed by atoms with Crippen LogP contribution in [0.15, 0.2) is 6.20 Å². The minimum atomic E-state index is -0.126. The van der Waals surface area contributed by atoms with Gasteiger partial charge in [-0.2, -0.15) is 10.2 Å². The molecule has 0 aliphatic rings. The number of carbonyl (C=O) groups is 1. The van der Waals surface area contributed by atoms with Gasteiger partial charge in [-0.15, -0.1) is 0 Å². The SMILES string of the molecule is Cc1nn(C)c(C)c1C(=O)c1c(Cl)cnn1CCN(C)C. The fourth-order valence-electron chi connectivity index (χ4n) is 2.27. The van der Waals surface area contributed by atoms with Crippen LogP contribution in [0.25, 0.3) is 0 Å². The molecule has 0 aliphatic carbocycles. The van der Waals surface area contributed by atoms with Crippen LogP contribution in [-0.4, -0.2) is 50.9 Å². The summed E-state index contributed by atoms with van der Waals surface area (Å²) in [4.78, 5) is 14.9. The number of hydrogen-bond donors (Lipinski definition) is 0. The van der Waals surface area contributed by atoms with Gasteiger partial charge in [0.1, 0.15) is 5.69 Å². The number of halogens is 1. The first-order valence-corrected chi connectivity index (χ1v) is 7.11. The average Bonchev–Trinajstić information content (AvgIpc) is 2.88. The molecule has 7 heteroatoms. The van der Waals surface area contributed by atoms with Gasteiger partial charge in [0.25, 0.3) is 0 Å². The molecule has 0 N–H and O–H groups in total. The lowest BCUT2D eigenvalue weighted by Gasteiger charge is -2.11. The van der Waals surface area contributed by atoms with E-state index < -0.39 is 0 Å². The van der Waals surface area contributed by atoms with E-state index in [1.165, 1.54) is 6.20 Å². The van der Waals surface area contributed by atoms with Crippen LogP contribution in [0.2, 0.25) is 5.02 Å². The zero-order valence-electron chi connectivity index (χ0n) is 13.0. The molecule has 2 aromatic rings. The fourth-order valence-corrected chi connectivity index (χ4v) is 2.50. The normalized spacial score (nSPS) is 11.4. The van der Waals surface area contributed by atoms with Crippen molar-refractivity contribution in [2.45, 2.75) is 20.4 Å². The van der Waals surface area contributed by atoms with Crippen LogP contribution in [0.5, 0.6) is 0 Å². The topological polar surface area (TPSA) is 56.0 Å². The van der Waals surface area contributed by atoms with E-state index in [1.54, 1.807) is 9.36 Å². The lowest BCUT2D eigenvalue weighted by atomic mass is 10.1. The Labute approximate surface area is 129 Å². The van der Waals surface area contributed by atoms with Crippen molar-refractivity contribution in [2.24, 2.45) is 7.05 Å². The fraction of sp³-hybridized carbons (Fsp3) is 0.500. The van der Waals surface area contributed by atoms with Gasteiger partial charge in [-0.25, -0.2) is 0 Å². The van der Waals surface area contributed by atoms with Crippen LogP contribution >= 0.6 is 11.6 Å². The van der Waals surface area contributed by atoms with E-state index in [1.807, 2.05) is 39.9 Å². The molecular formula is C14H20ClN5O. The molecule has 0 unspecified atom stereocenters. The van der Waals surface area contributed by atoms with E-state index >= 15 is 0 Å². The third kappa shape index (κ3) is 3.01. The molecule has 0 fully saturated rings. The molecular weight excluding hydrogens is 290 g/mol. The molecule has 21 heavy (non-hydrogen) atoms. The Balaban J connectivity index is 2.41. The Bertz CT molecular complexity index is 671. The maximum atomic E-state index is 12.8. The van der Waals surface area contributed by atoms with Gasteiger partial charge in [0.05, 0.1) is 29.0 Å². The highest BCUT2D eigenvalue weighted by atomic mass is 35.5.